The largest absolute Gasteiger partial charge is 0.342 e. The second kappa shape index (κ2) is 6.18. The summed E-state index contributed by atoms with van der Waals surface area (Å²) in [6.07, 6.45) is 2.76. The molecule has 5 nitrogen and oxygen atoms in total. The zero-order chi connectivity index (χ0) is 13.8. The minimum absolute atomic E-state index is 0.00217. The third-order valence-electron chi connectivity index (χ3n) is 3.99. The van der Waals surface area contributed by atoms with Crippen LogP contribution in [0.3, 0.4) is 0 Å². The summed E-state index contributed by atoms with van der Waals surface area (Å²) >= 11 is 0. The molecule has 5 heteroatoms. The molecule has 0 bridgehead atoms. The number of hydrogen-bond donors (Lipinski definition) is 1. The first-order valence-corrected chi connectivity index (χ1v) is 6.74. The Hall–Kier alpha value is -1.10. The highest BCUT2D eigenvalue weighted by molar-refractivity contribution is 5.88. The molecule has 0 radical (unpaired) electrons. The quantitative estimate of drug-likeness (QED) is 0.749. The molecule has 0 aliphatic heterocycles. The first-order chi connectivity index (χ1) is 8.50. The highest BCUT2D eigenvalue weighted by Crippen LogP contribution is 2.41. The van der Waals surface area contributed by atoms with E-state index in [2.05, 4.69) is 0 Å². The van der Waals surface area contributed by atoms with Crippen molar-refractivity contribution in [3.05, 3.63) is 0 Å². The Kier molecular flexibility index (Phi) is 5.14. The number of nitrogens with two attached hydrogens (primary N) is 1. The average molecular weight is 255 g/mol. The number of carbonyl (C=O) groups excluding carboxylic acids is 2. The van der Waals surface area contributed by atoms with Crippen molar-refractivity contribution in [1.29, 1.82) is 0 Å². The molecule has 0 aromatic heterocycles. The van der Waals surface area contributed by atoms with Crippen LogP contribution in [0, 0.1) is 5.41 Å². The summed E-state index contributed by atoms with van der Waals surface area (Å²) < 4.78 is 0. The molecule has 0 aromatic carbocycles. The maximum absolute atomic E-state index is 12.3. The molecule has 1 aliphatic carbocycles. The minimum atomic E-state index is -0.391. The molecule has 18 heavy (non-hydrogen) atoms. The van der Waals surface area contributed by atoms with Crippen molar-refractivity contribution >= 4 is 11.8 Å². The molecule has 0 heterocycles. The second-order valence-electron chi connectivity index (χ2n) is 5.07. The Bertz CT molecular complexity index is 304. The molecule has 2 amide bonds. The fourth-order valence-electron chi connectivity index (χ4n) is 2.46. The van der Waals surface area contributed by atoms with E-state index in [4.69, 9.17) is 5.73 Å². The van der Waals surface area contributed by atoms with Crippen LogP contribution >= 0.6 is 0 Å². The van der Waals surface area contributed by atoms with Crippen LogP contribution in [-0.2, 0) is 9.59 Å². The number of carbonyl (C=O) groups is 2. The van der Waals surface area contributed by atoms with Gasteiger partial charge in [-0.1, -0.05) is 6.42 Å². The molecular weight excluding hydrogens is 230 g/mol. The summed E-state index contributed by atoms with van der Waals surface area (Å²) in [5, 5.41) is 0. The zero-order valence-electron chi connectivity index (χ0n) is 11.7. The fourth-order valence-corrected chi connectivity index (χ4v) is 2.46. The Labute approximate surface area is 109 Å². The van der Waals surface area contributed by atoms with Gasteiger partial charge in [0, 0.05) is 26.7 Å². The molecule has 0 aromatic rings. The van der Waals surface area contributed by atoms with E-state index in [0.717, 1.165) is 19.3 Å². The molecule has 1 saturated carbocycles. The van der Waals surface area contributed by atoms with Gasteiger partial charge in [-0.05, 0) is 26.7 Å². The summed E-state index contributed by atoms with van der Waals surface area (Å²) in [6, 6.07) is 0. The van der Waals surface area contributed by atoms with Crippen molar-refractivity contribution in [1.82, 2.24) is 9.80 Å². The normalized spacial score (nSPS) is 16.9. The minimum Gasteiger partial charge on any atom is -0.342 e. The lowest BCUT2D eigenvalue weighted by Gasteiger charge is -2.41. The second-order valence-corrected chi connectivity index (χ2v) is 5.07. The molecule has 2 N–H and O–H groups in total. The molecule has 1 aliphatic rings. The van der Waals surface area contributed by atoms with Crippen LogP contribution in [0.4, 0.5) is 0 Å². The van der Waals surface area contributed by atoms with Crippen LogP contribution in [0.5, 0.6) is 0 Å². The predicted molar refractivity (Wildman–Crippen MR) is 70.9 cm³/mol. The van der Waals surface area contributed by atoms with Crippen LogP contribution in [0.15, 0.2) is 0 Å². The Morgan fingerprint density at radius 1 is 1.22 bits per heavy atom. The third-order valence-corrected chi connectivity index (χ3v) is 3.99. The number of nitrogens with zero attached hydrogens (tertiary/aromatic N) is 2. The fraction of sp³-hybridized carbons (Fsp3) is 0.846. The van der Waals surface area contributed by atoms with E-state index in [1.54, 1.807) is 11.9 Å². The van der Waals surface area contributed by atoms with Crippen LogP contribution in [-0.4, -0.2) is 54.8 Å². The van der Waals surface area contributed by atoms with Crippen molar-refractivity contribution in [3.8, 4) is 0 Å². The summed E-state index contributed by atoms with van der Waals surface area (Å²) in [5.41, 5.74) is 5.32. The van der Waals surface area contributed by atoms with Crippen LogP contribution in [0.25, 0.3) is 0 Å². The smallest absolute Gasteiger partial charge is 0.242 e. The van der Waals surface area contributed by atoms with Crippen molar-refractivity contribution in [2.75, 3.05) is 33.2 Å². The van der Waals surface area contributed by atoms with Gasteiger partial charge in [-0.15, -0.1) is 0 Å². The molecule has 1 fully saturated rings. The first-order valence-electron chi connectivity index (χ1n) is 6.74. The lowest BCUT2D eigenvalue weighted by molar-refractivity contribution is -0.149. The first kappa shape index (κ1) is 15.0. The van der Waals surface area contributed by atoms with E-state index in [0.29, 0.717) is 19.6 Å². The van der Waals surface area contributed by atoms with Crippen LogP contribution in [0.1, 0.15) is 33.1 Å². The van der Waals surface area contributed by atoms with Gasteiger partial charge in [-0.2, -0.15) is 0 Å². The van der Waals surface area contributed by atoms with Gasteiger partial charge in [0.25, 0.3) is 0 Å². The maximum atomic E-state index is 12.3. The maximum Gasteiger partial charge on any atom is 0.242 e. The molecule has 104 valence electrons. The molecule has 0 atom stereocenters. The van der Waals surface area contributed by atoms with E-state index in [-0.39, 0.29) is 18.4 Å². The van der Waals surface area contributed by atoms with Gasteiger partial charge in [-0.3, -0.25) is 9.59 Å². The van der Waals surface area contributed by atoms with E-state index in [1.807, 2.05) is 13.8 Å². The SMILES string of the molecule is CCN(CC)C(=O)CN(C)C(=O)C1(CN)CCC1. The summed E-state index contributed by atoms with van der Waals surface area (Å²) in [6.45, 7) is 5.78. The molecule has 0 unspecified atom stereocenters. The summed E-state index contributed by atoms with van der Waals surface area (Å²) in [5.74, 6) is 0.0269. The van der Waals surface area contributed by atoms with Crippen molar-refractivity contribution in [2.24, 2.45) is 11.1 Å². The van der Waals surface area contributed by atoms with Gasteiger partial charge in [0.05, 0.1) is 12.0 Å². The van der Waals surface area contributed by atoms with E-state index >= 15 is 0 Å². The highest BCUT2D eigenvalue weighted by atomic mass is 16.2. The Balaban J connectivity index is 2.57. The van der Waals surface area contributed by atoms with Crippen LogP contribution < -0.4 is 5.73 Å². The Morgan fingerprint density at radius 3 is 2.11 bits per heavy atom. The van der Waals surface area contributed by atoms with Gasteiger partial charge in [0.1, 0.15) is 0 Å². The monoisotopic (exact) mass is 255 g/mol. The summed E-state index contributed by atoms with van der Waals surface area (Å²) in [4.78, 5) is 27.5. The highest BCUT2D eigenvalue weighted by Gasteiger charge is 2.44. The van der Waals surface area contributed by atoms with Crippen molar-refractivity contribution < 1.29 is 9.59 Å². The van der Waals surface area contributed by atoms with Crippen molar-refractivity contribution in [2.45, 2.75) is 33.1 Å². The molecule has 0 saturated heterocycles. The average Bonchev–Trinajstić information content (AvgIpc) is 2.29. The Morgan fingerprint density at radius 2 is 1.78 bits per heavy atom. The van der Waals surface area contributed by atoms with Gasteiger partial charge < -0.3 is 15.5 Å². The third kappa shape index (κ3) is 2.83. The van der Waals surface area contributed by atoms with Gasteiger partial charge >= 0.3 is 0 Å². The zero-order valence-corrected chi connectivity index (χ0v) is 11.7. The number of amides is 2. The van der Waals surface area contributed by atoms with Gasteiger partial charge in [-0.25, -0.2) is 0 Å². The predicted octanol–water partition coefficient (Wildman–Crippen LogP) is 0.442. The molecule has 1 rings (SSSR count). The van der Waals surface area contributed by atoms with E-state index < -0.39 is 5.41 Å². The van der Waals surface area contributed by atoms with E-state index in [9.17, 15) is 9.59 Å². The number of rotatable bonds is 6. The number of likely N-dealkylation sites (N-methyl/N-ethyl adjacent to an activating group) is 2. The van der Waals surface area contributed by atoms with Crippen LogP contribution in [0.2, 0.25) is 0 Å². The molecular formula is C13H25N3O2. The lowest BCUT2D eigenvalue weighted by atomic mass is 9.68. The van der Waals surface area contributed by atoms with Gasteiger partial charge in [0.2, 0.25) is 11.8 Å². The van der Waals surface area contributed by atoms with Gasteiger partial charge in [0.15, 0.2) is 0 Å². The van der Waals surface area contributed by atoms with E-state index in [1.165, 1.54) is 4.90 Å². The topological polar surface area (TPSA) is 66.6 Å². The summed E-state index contributed by atoms with van der Waals surface area (Å²) in [7, 11) is 1.69. The lowest BCUT2D eigenvalue weighted by Crippen LogP contribution is -2.53. The standard InChI is InChI=1S/C13H25N3O2/c1-4-16(5-2)11(17)9-15(3)12(18)13(10-14)7-6-8-13/h4-10,14H2,1-3H3. The number of hydrogen-bond acceptors (Lipinski definition) is 3. The van der Waals surface area contributed by atoms with Crippen molar-refractivity contribution in [3.63, 3.8) is 0 Å². The molecule has 0 spiro atoms.